The molecule has 0 spiro atoms. The quantitative estimate of drug-likeness (QED) is 0.243. The zero-order chi connectivity index (χ0) is 17.3. The molecule has 0 aromatic rings. The van der Waals surface area contributed by atoms with Gasteiger partial charge in [0.2, 0.25) is 0 Å². The SMILES string of the molecule is OC[C@H]1O[C@@H](OC[C@H]2O[C@H](O)[C@H](O)[C@@H](O)[C@@H]2O)[C@H](O)[C@@H](O)[C@H]1O. The van der Waals surface area contributed by atoms with Crippen LogP contribution >= 0.6 is 0 Å². The summed E-state index contributed by atoms with van der Waals surface area (Å²) in [6, 6.07) is 0. The fourth-order valence-corrected chi connectivity index (χ4v) is 2.46. The molecule has 2 aliphatic rings. The molecule has 23 heavy (non-hydrogen) atoms. The van der Waals surface area contributed by atoms with Crippen LogP contribution in [0.15, 0.2) is 0 Å². The van der Waals surface area contributed by atoms with E-state index >= 15 is 0 Å². The van der Waals surface area contributed by atoms with Crippen LogP contribution in [-0.2, 0) is 14.2 Å². The largest absolute Gasteiger partial charge is 0.394 e. The van der Waals surface area contributed by atoms with Crippen LogP contribution in [0.3, 0.4) is 0 Å². The summed E-state index contributed by atoms with van der Waals surface area (Å²) in [5.74, 6) is 0. The minimum absolute atomic E-state index is 0.468. The number of ether oxygens (including phenoxy) is 3. The third-order valence-electron chi connectivity index (χ3n) is 3.96. The lowest BCUT2D eigenvalue weighted by atomic mass is 9.98. The van der Waals surface area contributed by atoms with Gasteiger partial charge in [0.15, 0.2) is 12.6 Å². The third kappa shape index (κ3) is 3.81. The van der Waals surface area contributed by atoms with Crippen LogP contribution in [0.5, 0.6) is 0 Å². The fraction of sp³-hybridized carbons (Fsp3) is 1.00. The Morgan fingerprint density at radius 2 is 1.22 bits per heavy atom. The van der Waals surface area contributed by atoms with Crippen LogP contribution in [0, 0.1) is 0 Å². The Morgan fingerprint density at radius 1 is 0.652 bits per heavy atom. The lowest BCUT2D eigenvalue weighted by Gasteiger charge is -2.41. The number of hydrogen-bond acceptors (Lipinski definition) is 11. The van der Waals surface area contributed by atoms with Crippen molar-refractivity contribution >= 4 is 0 Å². The molecule has 0 radical (unpaired) electrons. The van der Waals surface area contributed by atoms with Crippen molar-refractivity contribution in [1.29, 1.82) is 0 Å². The van der Waals surface area contributed by atoms with Crippen molar-refractivity contribution in [2.75, 3.05) is 13.2 Å². The normalized spacial score (nSPS) is 51.7. The molecular formula is C12H22O11. The molecule has 2 saturated heterocycles. The van der Waals surface area contributed by atoms with Gasteiger partial charge in [0.1, 0.15) is 48.8 Å². The van der Waals surface area contributed by atoms with Gasteiger partial charge < -0.3 is 55.1 Å². The van der Waals surface area contributed by atoms with Crippen molar-refractivity contribution in [2.24, 2.45) is 0 Å². The second kappa shape index (κ2) is 7.63. The van der Waals surface area contributed by atoms with E-state index in [1.165, 1.54) is 0 Å². The van der Waals surface area contributed by atoms with Crippen LogP contribution in [0.25, 0.3) is 0 Å². The first kappa shape index (κ1) is 18.9. The third-order valence-corrected chi connectivity index (χ3v) is 3.96. The molecule has 0 saturated carbocycles. The van der Waals surface area contributed by atoms with Gasteiger partial charge in [-0.2, -0.15) is 0 Å². The van der Waals surface area contributed by atoms with E-state index in [-0.39, 0.29) is 0 Å². The van der Waals surface area contributed by atoms with Crippen LogP contribution < -0.4 is 0 Å². The average Bonchev–Trinajstić information content (AvgIpc) is 2.54. The van der Waals surface area contributed by atoms with Gasteiger partial charge in [-0.3, -0.25) is 0 Å². The first-order valence-corrected chi connectivity index (χ1v) is 7.07. The van der Waals surface area contributed by atoms with Gasteiger partial charge in [-0.15, -0.1) is 0 Å². The number of rotatable bonds is 4. The minimum Gasteiger partial charge on any atom is -0.394 e. The van der Waals surface area contributed by atoms with Gasteiger partial charge >= 0.3 is 0 Å². The summed E-state index contributed by atoms with van der Waals surface area (Å²) in [5, 5.41) is 76.1. The van der Waals surface area contributed by atoms with Crippen molar-refractivity contribution in [2.45, 2.75) is 61.4 Å². The molecule has 2 fully saturated rings. The van der Waals surface area contributed by atoms with E-state index < -0.39 is 74.6 Å². The van der Waals surface area contributed by atoms with E-state index in [9.17, 15) is 35.7 Å². The van der Waals surface area contributed by atoms with Crippen molar-refractivity contribution in [3.8, 4) is 0 Å². The molecule has 10 atom stereocenters. The van der Waals surface area contributed by atoms with Crippen molar-refractivity contribution in [3.63, 3.8) is 0 Å². The lowest BCUT2D eigenvalue weighted by molar-refractivity contribution is -0.325. The van der Waals surface area contributed by atoms with E-state index in [1.807, 2.05) is 0 Å². The Morgan fingerprint density at radius 3 is 1.83 bits per heavy atom. The highest BCUT2D eigenvalue weighted by Gasteiger charge is 2.46. The first-order chi connectivity index (χ1) is 10.8. The molecule has 2 heterocycles. The van der Waals surface area contributed by atoms with Crippen molar-refractivity contribution in [1.82, 2.24) is 0 Å². The maximum absolute atomic E-state index is 9.78. The Balaban J connectivity index is 1.94. The van der Waals surface area contributed by atoms with Gasteiger partial charge in [-0.25, -0.2) is 0 Å². The van der Waals surface area contributed by atoms with Crippen LogP contribution in [-0.4, -0.2) is 115 Å². The molecular weight excluding hydrogens is 320 g/mol. The monoisotopic (exact) mass is 342 g/mol. The average molecular weight is 342 g/mol. The van der Waals surface area contributed by atoms with Crippen LogP contribution in [0.1, 0.15) is 0 Å². The van der Waals surface area contributed by atoms with E-state index in [1.54, 1.807) is 0 Å². The standard InChI is InChI=1S/C12H22O11/c13-1-3-5(14)8(17)10(19)12(23-3)21-2-4-6(15)7(16)9(18)11(20)22-4/h3-20H,1-2H2/t3-,4-,5+,6-,7+,8+,9-,10-,11+,12-/m1/s1. The molecule has 0 aliphatic carbocycles. The van der Waals surface area contributed by atoms with Gasteiger partial charge in [0, 0.05) is 0 Å². The molecule has 11 nitrogen and oxygen atoms in total. The van der Waals surface area contributed by atoms with E-state index in [0.717, 1.165) is 0 Å². The molecule has 0 unspecified atom stereocenters. The minimum atomic E-state index is -1.74. The molecule has 2 rings (SSSR count). The first-order valence-electron chi connectivity index (χ1n) is 7.07. The Bertz CT molecular complexity index is 380. The number of aliphatic hydroxyl groups excluding tert-OH is 8. The molecule has 11 heteroatoms. The topological polar surface area (TPSA) is 190 Å². The smallest absolute Gasteiger partial charge is 0.186 e. The molecule has 8 N–H and O–H groups in total. The molecule has 136 valence electrons. The maximum Gasteiger partial charge on any atom is 0.186 e. The zero-order valence-corrected chi connectivity index (χ0v) is 12.0. The van der Waals surface area contributed by atoms with Gasteiger partial charge in [-0.05, 0) is 0 Å². The van der Waals surface area contributed by atoms with Crippen molar-refractivity contribution in [3.05, 3.63) is 0 Å². The van der Waals surface area contributed by atoms with Crippen molar-refractivity contribution < 1.29 is 55.1 Å². The summed E-state index contributed by atoms with van der Waals surface area (Å²) < 4.78 is 15.1. The summed E-state index contributed by atoms with van der Waals surface area (Å²) in [6.07, 6.45) is -15.3. The van der Waals surface area contributed by atoms with E-state index in [0.29, 0.717) is 0 Å². The predicted molar refractivity (Wildman–Crippen MR) is 68.6 cm³/mol. The maximum atomic E-state index is 9.78. The Labute approximate surface area is 130 Å². The molecule has 0 aromatic heterocycles. The molecule has 2 aliphatic heterocycles. The lowest BCUT2D eigenvalue weighted by Crippen LogP contribution is -2.61. The molecule has 0 amide bonds. The number of hydrogen-bond donors (Lipinski definition) is 8. The second-order valence-corrected chi connectivity index (χ2v) is 5.57. The molecule has 0 bridgehead atoms. The van der Waals surface area contributed by atoms with Gasteiger partial charge in [0.25, 0.3) is 0 Å². The zero-order valence-electron chi connectivity index (χ0n) is 12.0. The highest BCUT2D eigenvalue weighted by Crippen LogP contribution is 2.24. The summed E-state index contributed by atoms with van der Waals surface area (Å²) in [6.45, 7) is -1.10. The van der Waals surface area contributed by atoms with Gasteiger partial charge in [-0.1, -0.05) is 0 Å². The Kier molecular flexibility index (Phi) is 6.27. The van der Waals surface area contributed by atoms with E-state index in [4.69, 9.17) is 19.3 Å². The van der Waals surface area contributed by atoms with Gasteiger partial charge in [0.05, 0.1) is 13.2 Å². The van der Waals surface area contributed by atoms with Crippen LogP contribution in [0.2, 0.25) is 0 Å². The summed E-state index contributed by atoms with van der Waals surface area (Å²) in [5.41, 5.74) is 0. The Hall–Kier alpha value is -0.440. The van der Waals surface area contributed by atoms with E-state index in [2.05, 4.69) is 0 Å². The van der Waals surface area contributed by atoms with Crippen LogP contribution in [0.4, 0.5) is 0 Å². The second-order valence-electron chi connectivity index (χ2n) is 5.57. The summed E-state index contributed by atoms with van der Waals surface area (Å²) in [7, 11) is 0. The number of aliphatic hydroxyl groups is 8. The fourth-order valence-electron chi connectivity index (χ4n) is 2.46. The summed E-state index contributed by atoms with van der Waals surface area (Å²) in [4.78, 5) is 0. The highest BCUT2D eigenvalue weighted by atomic mass is 16.7. The molecule has 0 aromatic carbocycles. The summed E-state index contributed by atoms with van der Waals surface area (Å²) >= 11 is 0. The predicted octanol–water partition coefficient (Wildman–Crippen LogP) is -5.40. The highest BCUT2D eigenvalue weighted by molar-refractivity contribution is 4.91.